The number of aryl methyl sites for hydroxylation is 2. The lowest BCUT2D eigenvalue weighted by atomic mass is 10.3. The number of ether oxygens (including phenoxy) is 2. The van der Waals surface area contributed by atoms with E-state index in [0.717, 1.165) is 49.8 Å². The Morgan fingerprint density at radius 1 is 1.16 bits per heavy atom. The van der Waals surface area contributed by atoms with Gasteiger partial charge in [-0.25, -0.2) is 9.97 Å². The molecule has 0 fully saturated rings. The van der Waals surface area contributed by atoms with Gasteiger partial charge < -0.3 is 14.8 Å². The molecule has 1 aromatic rings. The van der Waals surface area contributed by atoms with Gasteiger partial charge in [0.2, 0.25) is 0 Å². The predicted molar refractivity (Wildman–Crippen MR) is 76.6 cm³/mol. The molecule has 0 spiro atoms. The van der Waals surface area contributed by atoms with Crippen molar-refractivity contribution in [3.63, 3.8) is 0 Å². The molecule has 0 amide bonds. The molecule has 0 aliphatic carbocycles. The summed E-state index contributed by atoms with van der Waals surface area (Å²) >= 11 is 0. The van der Waals surface area contributed by atoms with Crippen LogP contribution < -0.4 is 5.32 Å². The molecule has 0 saturated carbocycles. The highest BCUT2D eigenvalue weighted by molar-refractivity contribution is 5.35. The number of hydrogen-bond acceptors (Lipinski definition) is 5. The van der Waals surface area contributed by atoms with Gasteiger partial charge in [-0.2, -0.15) is 0 Å². The van der Waals surface area contributed by atoms with E-state index >= 15 is 0 Å². The molecule has 0 atom stereocenters. The zero-order valence-corrected chi connectivity index (χ0v) is 12.2. The highest BCUT2D eigenvalue weighted by Crippen LogP contribution is 2.07. The zero-order valence-electron chi connectivity index (χ0n) is 12.2. The molecule has 5 nitrogen and oxygen atoms in total. The van der Waals surface area contributed by atoms with Gasteiger partial charge in [-0.1, -0.05) is 6.92 Å². The zero-order chi connectivity index (χ0) is 13.9. The van der Waals surface area contributed by atoms with Crippen LogP contribution in [-0.4, -0.2) is 43.4 Å². The van der Waals surface area contributed by atoms with Crippen LogP contribution in [0.1, 0.15) is 31.3 Å². The van der Waals surface area contributed by atoms with E-state index in [2.05, 4.69) is 22.2 Å². The molecule has 5 heteroatoms. The van der Waals surface area contributed by atoms with Gasteiger partial charge in [0.25, 0.3) is 0 Å². The Bertz CT molecular complexity index is 359. The van der Waals surface area contributed by atoms with Gasteiger partial charge in [0, 0.05) is 32.0 Å². The second-order valence-electron chi connectivity index (χ2n) is 4.38. The van der Waals surface area contributed by atoms with Crippen LogP contribution >= 0.6 is 0 Å². The first-order valence-electron chi connectivity index (χ1n) is 6.91. The molecule has 19 heavy (non-hydrogen) atoms. The molecule has 0 unspecified atom stereocenters. The van der Waals surface area contributed by atoms with Crippen molar-refractivity contribution in [2.45, 2.75) is 33.1 Å². The number of unbranched alkanes of at least 4 members (excludes halogenated alkanes) is 1. The van der Waals surface area contributed by atoms with E-state index in [0.29, 0.717) is 13.2 Å². The van der Waals surface area contributed by atoms with Crippen molar-refractivity contribution >= 4 is 5.82 Å². The second kappa shape index (κ2) is 9.69. The smallest absolute Gasteiger partial charge is 0.129 e. The number of nitrogens with zero attached hydrogens (tertiary/aromatic N) is 2. The van der Waals surface area contributed by atoms with Gasteiger partial charge in [-0.05, 0) is 26.2 Å². The Kier molecular flexibility index (Phi) is 8.09. The molecule has 1 rings (SSSR count). The van der Waals surface area contributed by atoms with Crippen molar-refractivity contribution in [1.29, 1.82) is 0 Å². The highest BCUT2D eigenvalue weighted by atomic mass is 16.5. The molecule has 0 aliphatic heterocycles. The van der Waals surface area contributed by atoms with Crippen LogP contribution in [0.25, 0.3) is 0 Å². The SMILES string of the molecule is CCc1cc(NCCCCOCCOC)nc(C)n1. The first-order valence-corrected chi connectivity index (χ1v) is 6.91. The van der Waals surface area contributed by atoms with Gasteiger partial charge in [-0.3, -0.25) is 0 Å². The molecule has 0 aromatic carbocycles. The lowest BCUT2D eigenvalue weighted by Crippen LogP contribution is -2.08. The van der Waals surface area contributed by atoms with Crippen LogP contribution in [0.4, 0.5) is 5.82 Å². The summed E-state index contributed by atoms with van der Waals surface area (Å²) in [5.74, 6) is 1.74. The standard InChI is InChI=1S/C14H25N3O2/c1-4-13-11-14(17-12(2)16-13)15-7-5-6-8-19-10-9-18-3/h11H,4-10H2,1-3H3,(H,15,16,17). The summed E-state index contributed by atoms with van der Waals surface area (Å²) in [5.41, 5.74) is 1.08. The Morgan fingerprint density at radius 3 is 2.74 bits per heavy atom. The van der Waals surface area contributed by atoms with Crippen molar-refractivity contribution < 1.29 is 9.47 Å². The summed E-state index contributed by atoms with van der Waals surface area (Å²) in [7, 11) is 1.68. The summed E-state index contributed by atoms with van der Waals surface area (Å²) in [6.45, 7) is 7.06. The molecule has 1 N–H and O–H groups in total. The van der Waals surface area contributed by atoms with Crippen LogP contribution in [-0.2, 0) is 15.9 Å². The minimum absolute atomic E-state index is 0.665. The van der Waals surface area contributed by atoms with E-state index < -0.39 is 0 Å². The molecule has 108 valence electrons. The van der Waals surface area contributed by atoms with Gasteiger partial charge in [0.05, 0.1) is 13.2 Å². The average Bonchev–Trinajstić information content (AvgIpc) is 2.41. The maximum Gasteiger partial charge on any atom is 0.129 e. The average molecular weight is 267 g/mol. The lowest BCUT2D eigenvalue weighted by Gasteiger charge is -2.08. The minimum Gasteiger partial charge on any atom is -0.382 e. The van der Waals surface area contributed by atoms with Crippen LogP contribution in [0.2, 0.25) is 0 Å². The Labute approximate surface area is 115 Å². The summed E-state index contributed by atoms with van der Waals surface area (Å²) in [6, 6.07) is 2.02. The van der Waals surface area contributed by atoms with Crippen molar-refractivity contribution in [2.24, 2.45) is 0 Å². The van der Waals surface area contributed by atoms with Gasteiger partial charge in [-0.15, -0.1) is 0 Å². The molecular formula is C14H25N3O2. The fraction of sp³-hybridized carbons (Fsp3) is 0.714. The Balaban J connectivity index is 2.13. The van der Waals surface area contributed by atoms with Crippen molar-refractivity contribution in [3.8, 4) is 0 Å². The summed E-state index contributed by atoms with van der Waals surface area (Å²) in [5, 5.41) is 3.33. The maximum absolute atomic E-state index is 5.40. The van der Waals surface area contributed by atoms with E-state index in [1.54, 1.807) is 7.11 Å². The largest absolute Gasteiger partial charge is 0.382 e. The number of rotatable bonds is 10. The van der Waals surface area contributed by atoms with Gasteiger partial charge >= 0.3 is 0 Å². The lowest BCUT2D eigenvalue weighted by molar-refractivity contribution is 0.0691. The second-order valence-corrected chi connectivity index (χ2v) is 4.38. The van der Waals surface area contributed by atoms with Crippen molar-refractivity contribution in [1.82, 2.24) is 9.97 Å². The molecule has 0 aliphatic rings. The predicted octanol–water partition coefficient (Wildman–Crippen LogP) is 2.20. The Morgan fingerprint density at radius 2 is 2.00 bits per heavy atom. The third kappa shape index (κ3) is 7.08. The van der Waals surface area contributed by atoms with Crippen LogP contribution in [0.3, 0.4) is 0 Å². The molecule has 1 aromatic heterocycles. The summed E-state index contributed by atoms with van der Waals surface area (Å²) in [6.07, 6.45) is 3.05. The number of aromatic nitrogens is 2. The van der Waals surface area contributed by atoms with E-state index in [4.69, 9.17) is 9.47 Å². The monoisotopic (exact) mass is 267 g/mol. The first kappa shape index (κ1) is 15.9. The number of methoxy groups -OCH3 is 1. The van der Waals surface area contributed by atoms with Crippen LogP contribution in [0.15, 0.2) is 6.07 Å². The number of hydrogen-bond donors (Lipinski definition) is 1. The molecule has 0 saturated heterocycles. The summed E-state index contributed by atoms with van der Waals surface area (Å²) in [4.78, 5) is 8.73. The van der Waals surface area contributed by atoms with E-state index in [9.17, 15) is 0 Å². The quantitative estimate of drug-likeness (QED) is 0.659. The maximum atomic E-state index is 5.40. The fourth-order valence-corrected chi connectivity index (χ4v) is 1.69. The molecule has 0 bridgehead atoms. The number of anilines is 1. The Hall–Kier alpha value is -1.20. The normalized spacial score (nSPS) is 10.7. The topological polar surface area (TPSA) is 56.3 Å². The van der Waals surface area contributed by atoms with Gasteiger partial charge in [0.15, 0.2) is 0 Å². The molecule has 1 heterocycles. The van der Waals surface area contributed by atoms with Crippen LogP contribution in [0.5, 0.6) is 0 Å². The van der Waals surface area contributed by atoms with Crippen molar-refractivity contribution in [3.05, 3.63) is 17.6 Å². The molecule has 0 radical (unpaired) electrons. The van der Waals surface area contributed by atoms with E-state index in [-0.39, 0.29) is 0 Å². The highest BCUT2D eigenvalue weighted by Gasteiger charge is 1.99. The van der Waals surface area contributed by atoms with E-state index in [1.165, 1.54) is 0 Å². The van der Waals surface area contributed by atoms with Gasteiger partial charge in [0.1, 0.15) is 11.6 Å². The fourth-order valence-electron chi connectivity index (χ4n) is 1.69. The third-order valence-electron chi connectivity index (χ3n) is 2.71. The van der Waals surface area contributed by atoms with Crippen LogP contribution in [0, 0.1) is 6.92 Å². The third-order valence-corrected chi connectivity index (χ3v) is 2.71. The van der Waals surface area contributed by atoms with Crippen molar-refractivity contribution in [2.75, 3.05) is 38.8 Å². The number of nitrogens with one attached hydrogen (secondary N) is 1. The van der Waals surface area contributed by atoms with E-state index in [1.807, 2.05) is 13.0 Å². The minimum atomic E-state index is 0.665. The molecular weight excluding hydrogens is 242 g/mol. The summed E-state index contributed by atoms with van der Waals surface area (Å²) < 4.78 is 10.3. The first-order chi connectivity index (χ1) is 9.26.